The lowest BCUT2D eigenvalue weighted by Gasteiger charge is -2.15. The lowest BCUT2D eigenvalue weighted by molar-refractivity contribution is -0.384. The van der Waals surface area contributed by atoms with Crippen molar-refractivity contribution in [2.24, 2.45) is 0 Å². The molecule has 2 N–H and O–H groups in total. The summed E-state index contributed by atoms with van der Waals surface area (Å²) in [6.07, 6.45) is -4.73. The summed E-state index contributed by atoms with van der Waals surface area (Å²) in [5, 5.41) is 22.0. The van der Waals surface area contributed by atoms with Crippen LogP contribution in [0.15, 0.2) is 18.2 Å². The normalized spacial score (nSPS) is 12.8. The van der Waals surface area contributed by atoms with Crippen molar-refractivity contribution in [3.05, 3.63) is 33.9 Å². The highest BCUT2D eigenvalue weighted by molar-refractivity contribution is 5.79. The van der Waals surface area contributed by atoms with Crippen molar-refractivity contribution in [1.29, 1.82) is 0 Å². The van der Waals surface area contributed by atoms with Crippen molar-refractivity contribution in [1.82, 2.24) is 0 Å². The molecule has 1 rings (SSSR count). The summed E-state index contributed by atoms with van der Waals surface area (Å²) in [5.74, 6) is -1.36. The van der Waals surface area contributed by atoms with Crippen molar-refractivity contribution >= 4 is 17.3 Å². The van der Waals surface area contributed by atoms with Crippen molar-refractivity contribution in [2.45, 2.75) is 12.2 Å². The molecule has 0 radical (unpaired) electrons. The van der Waals surface area contributed by atoms with Crippen LogP contribution in [0, 0.1) is 10.1 Å². The predicted octanol–water partition coefficient (Wildman–Crippen LogP) is 2.13. The van der Waals surface area contributed by atoms with E-state index in [9.17, 15) is 28.1 Å². The van der Waals surface area contributed by atoms with E-state index in [-0.39, 0.29) is 12.3 Å². The Morgan fingerprint density at radius 1 is 1.52 bits per heavy atom. The number of hydrogen-bond acceptors (Lipinski definition) is 5. The summed E-state index contributed by atoms with van der Waals surface area (Å²) in [5.41, 5.74) is -2.40. The predicted molar refractivity (Wildman–Crippen MR) is 65.0 cm³/mol. The summed E-state index contributed by atoms with van der Waals surface area (Å²) >= 11 is 0. The van der Waals surface area contributed by atoms with Crippen LogP contribution in [0.1, 0.15) is 5.56 Å². The molecule has 7 nitrogen and oxygen atoms in total. The van der Waals surface area contributed by atoms with E-state index in [4.69, 9.17) is 5.11 Å². The van der Waals surface area contributed by atoms with Crippen LogP contribution in [0.2, 0.25) is 0 Å². The number of halogens is 3. The number of alkyl halides is 3. The first-order chi connectivity index (χ1) is 9.66. The van der Waals surface area contributed by atoms with E-state index < -0.39 is 34.4 Å². The molecule has 0 saturated carbocycles. The van der Waals surface area contributed by atoms with Gasteiger partial charge in [0.15, 0.2) is 0 Å². The van der Waals surface area contributed by atoms with Crippen molar-refractivity contribution in [2.75, 3.05) is 19.0 Å². The molecule has 0 aromatic heterocycles. The van der Waals surface area contributed by atoms with Crippen LogP contribution in [-0.4, -0.2) is 35.8 Å². The third kappa shape index (κ3) is 4.31. The van der Waals surface area contributed by atoms with Gasteiger partial charge in [0.2, 0.25) is 0 Å². The standard InChI is InChI=1S/C11H11F3N2O5/c1-21-5-8(10(17)18)15-7-3-2-6(11(12,13)14)4-9(7)16(19)20/h2-4,8,15H,5H2,1H3,(H,17,18). The van der Waals surface area contributed by atoms with Gasteiger partial charge in [-0.1, -0.05) is 0 Å². The minimum Gasteiger partial charge on any atom is -0.480 e. The first kappa shape index (κ1) is 16.7. The smallest absolute Gasteiger partial charge is 0.416 e. The van der Waals surface area contributed by atoms with Crippen molar-refractivity contribution in [3.8, 4) is 0 Å². The second-order valence-electron chi connectivity index (χ2n) is 3.98. The summed E-state index contributed by atoms with van der Waals surface area (Å²) in [4.78, 5) is 20.7. The molecule has 0 spiro atoms. The Balaban J connectivity index is 3.18. The van der Waals surface area contributed by atoms with Crippen LogP contribution in [0.3, 0.4) is 0 Å². The number of benzene rings is 1. The molecule has 0 aliphatic heterocycles. The molecule has 1 aromatic carbocycles. The first-order valence-corrected chi connectivity index (χ1v) is 5.50. The Hall–Kier alpha value is -2.36. The number of carboxylic acid groups (broad SMARTS) is 1. The maximum Gasteiger partial charge on any atom is 0.416 e. The Morgan fingerprint density at radius 2 is 2.14 bits per heavy atom. The van der Waals surface area contributed by atoms with Crippen LogP contribution >= 0.6 is 0 Å². The fourth-order valence-electron chi connectivity index (χ4n) is 1.51. The zero-order chi connectivity index (χ0) is 16.2. The van der Waals surface area contributed by atoms with Gasteiger partial charge in [-0.15, -0.1) is 0 Å². The number of anilines is 1. The van der Waals surface area contributed by atoms with E-state index in [1.165, 1.54) is 7.11 Å². The molecule has 0 aliphatic carbocycles. The number of carboxylic acids is 1. The number of aliphatic carboxylic acids is 1. The second kappa shape index (κ2) is 6.39. The van der Waals surface area contributed by atoms with Gasteiger partial charge in [0.1, 0.15) is 11.7 Å². The van der Waals surface area contributed by atoms with E-state index in [1.54, 1.807) is 0 Å². The maximum atomic E-state index is 12.5. The van der Waals surface area contributed by atoms with Gasteiger partial charge >= 0.3 is 12.1 Å². The van der Waals surface area contributed by atoms with Crippen LogP contribution < -0.4 is 5.32 Å². The molecule has 0 bridgehead atoms. The molecule has 0 aliphatic rings. The zero-order valence-electron chi connectivity index (χ0n) is 10.7. The zero-order valence-corrected chi connectivity index (χ0v) is 10.7. The summed E-state index contributed by atoms with van der Waals surface area (Å²) in [7, 11) is 1.22. The number of nitrogens with zero attached hydrogens (tertiary/aromatic N) is 1. The van der Waals surface area contributed by atoms with E-state index >= 15 is 0 Å². The number of carbonyl (C=O) groups is 1. The molecule has 10 heteroatoms. The van der Waals surface area contributed by atoms with Crippen molar-refractivity contribution < 1.29 is 32.7 Å². The van der Waals surface area contributed by atoms with Gasteiger partial charge in [-0.3, -0.25) is 10.1 Å². The van der Waals surface area contributed by atoms with Gasteiger partial charge in [0, 0.05) is 13.2 Å². The van der Waals surface area contributed by atoms with E-state index in [0.717, 1.165) is 6.07 Å². The van der Waals surface area contributed by atoms with Gasteiger partial charge in [-0.05, 0) is 12.1 Å². The molecular weight excluding hydrogens is 297 g/mol. The maximum absolute atomic E-state index is 12.5. The third-order valence-electron chi connectivity index (χ3n) is 2.48. The van der Waals surface area contributed by atoms with Gasteiger partial charge in [-0.25, -0.2) is 4.79 Å². The summed E-state index contributed by atoms with van der Waals surface area (Å²) < 4.78 is 42.2. The third-order valence-corrected chi connectivity index (χ3v) is 2.48. The summed E-state index contributed by atoms with van der Waals surface area (Å²) in [6.45, 7) is -0.312. The van der Waals surface area contributed by atoms with Gasteiger partial charge in [0.05, 0.1) is 17.1 Å². The van der Waals surface area contributed by atoms with Crippen molar-refractivity contribution in [3.63, 3.8) is 0 Å². The Morgan fingerprint density at radius 3 is 2.57 bits per heavy atom. The number of nitrogens with one attached hydrogen (secondary N) is 1. The van der Waals surface area contributed by atoms with E-state index in [0.29, 0.717) is 12.1 Å². The number of rotatable bonds is 6. The largest absolute Gasteiger partial charge is 0.480 e. The number of nitro benzene ring substituents is 1. The average Bonchev–Trinajstić information content (AvgIpc) is 2.36. The average molecular weight is 308 g/mol. The number of nitro groups is 1. The van der Waals surface area contributed by atoms with E-state index in [1.807, 2.05) is 0 Å². The van der Waals surface area contributed by atoms with Crippen LogP contribution in [0.5, 0.6) is 0 Å². The highest BCUT2D eigenvalue weighted by Crippen LogP contribution is 2.35. The molecular formula is C11H11F3N2O5. The quantitative estimate of drug-likeness (QED) is 0.616. The topological polar surface area (TPSA) is 102 Å². The van der Waals surface area contributed by atoms with Crippen LogP contribution in [0.4, 0.5) is 24.5 Å². The lowest BCUT2D eigenvalue weighted by atomic mass is 10.1. The molecule has 1 atom stereocenters. The number of hydrogen-bond donors (Lipinski definition) is 2. The van der Waals surface area contributed by atoms with Gasteiger partial charge in [-0.2, -0.15) is 13.2 Å². The molecule has 21 heavy (non-hydrogen) atoms. The first-order valence-electron chi connectivity index (χ1n) is 5.50. The molecule has 116 valence electrons. The molecule has 0 amide bonds. The fourth-order valence-corrected chi connectivity index (χ4v) is 1.51. The number of ether oxygens (including phenoxy) is 1. The van der Waals surface area contributed by atoms with Gasteiger partial charge in [0.25, 0.3) is 5.69 Å². The molecule has 1 unspecified atom stereocenters. The lowest BCUT2D eigenvalue weighted by Crippen LogP contribution is -2.33. The number of methoxy groups -OCH3 is 1. The second-order valence-corrected chi connectivity index (χ2v) is 3.98. The van der Waals surface area contributed by atoms with Crippen LogP contribution in [-0.2, 0) is 15.7 Å². The molecule has 0 fully saturated rings. The molecule has 0 heterocycles. The Kier molecular flexibility index (Phi) is 5.08. The van der Waals surface area contributed by atoms with Crippen LogP contribution in [0.25, 0.3) is 0 Å². The SMILES string of the molecule is COCC(Nc1ccc(C(F)(F)F)cc1[N+](=O)[O-])C(=O)O. The highest BCUT2D eigenvalue weighted by Gasteiger charge is 2.33. The highest BCUT2D eigenvalue weighted by atomic mass is 19.4. The van der Waals surface area contributed by atoms with E-state index in [2.05, 4.69) is 10.1 Å². The van der Waals surface area contributed by atoms with Gasteiger partial charge < -0.3 is 15.2 Å². The molecule has 1 aromatic rings. The fraction of sp³-hybridized carbons (Fsp3) is 0.364. The Bertz CT molecular complexity index is 547. The minimum absolute atomic E-state index is 0.312. The Labute approximate surface area is 116 Å². The molecule has 0 saturated heterocycles. The monoisotopic (exact) mass is 308 g/mol. The minimum atomic E-state index is -4.73. The summed E-state index contributed by atoms with van der Waals surface area (Å²) in [6, 6.07) is 0.451.